The maximum absolute atomic E-state index is 5.80. The van der Waals surface area contributed by atoms with Gasteiger partial charge < -0.3 is 10.5 Å². The SMILES string of the molecule is CCSCCOc1cccc(C(C)N)c1. The van der Waals surface area contributed by atoms with Gasteiger partial charge in [-0.05, 0) is 30.4 Å². The Hall–Kier alpha value is -0.670. The third kappa shape index (κ3) is 4.58. The largest absolute Gasteiger partial charge is 0.493 e. The van der Waals surface area contributed by atoms with Crippen LogP contribution >= 0.6 is 11.8 Å². The van der Waals surface area contributed by atoms with E-state index in [1.165, 1.54) is 0 Å². The molecule has 0 bridgehead atoms. The summed E-state index contributed by atoms with van der Waals surface area (Å²) >= 11 is 1.89. The molecule has 0 saturated carbocycles. The normalized spacial score (nSPS) is 12.5. The third-order valence-electron chi connectivity index (χ3n) is 2.08. The number of ether oxygens (including phenoxy) is 1. The first-order valence-corrected chi connectivity index (χ1v) is 6.45. The van der Waals surface area contributed by atoms with Gasteiger partial charge in [0.1, 0.15) is 5.75 Å². The van der Waals surface area contributed by atoms with Gasteiger partial charge in [-0.3, -0.25) is 0 Å². The van der Waals surface area contributed by atoms with Crippen LogP contribution in [0.5, 0.6) is 5.75 Å². The lowest BCUT2D eigenvalue weighted by molar-refractivity contribution is 0.343. The van der Waals surface area contributed by atoms with Gasteiger partial charge in [-0.1, -0.05) is 19.1 Å². The van der Waals surface area contributed by atoms with Crippen molar-refractivity contribution in [3.8, 4) is 5.75 Å². The molecule has 0 heterocycles. The zero-order chi connectivity index (χ0) is 11.1. The van der Waals surface area contributed by atoms with Crippen LogP contribution in [0.1, 0.15) is 25.5 Å². The Bertz CT molecular complexity index is 289. The molecule has 2 nitrogen and oxygen atoms in total. The molecule has 0 fully saturated rings. The van der Waals surface area contributed by atoms with Gasteiger partial charge in [0.25, 0.3) is 0 Å². The summed E-state index contributed by atoms with van der Waals surface area (Å²) in [6.07, 6.45) is 0. The molecule has 0 radical (unpaired) electrons. The average molecular weight is 225 g/mol. The van der Waals surface area contributed by atoms with Gasteiger partial charge in [-0.25, -0.2) is 0 Å². The highest BCUT2D eigenvalue weighted by atomic mass is 32.2. The average Bonchev–Trinajstić information content (AvgIpc) is 2.25. The lowest BCUT2D eigenvalue weighted by Gasteiger charge is -2.09. The van der Waals surface area contributed by atoms with Crippen molar-refractivity contribution in [2.45, 2.75) is 19.9 Å². The van der Waals surface area contributed by atoms with E-state index < -0.39 is 0 Å². The Balaban J connectivity index is 2.43. The fourth-order valence-corrected chi connectivity index (χ4v) is 1.74. The minimum atomic E-state index is 0.0681. The van der Waals surface area contributed by atoms with Crippen LogP contribution in [0.3, 0.4) is 0 Å². The molecule has 1 atom stereocenters. The lowest BCUT2D eigenvalue weighted by Crippen LogP contribution is -2.06. The molecule has 1 unspecified atom stereocenters. The van der Waals surface area contributed by atoms with Gasteiger partial charge in [-0.15, -0.1) is 0 Å². The van der Waals surface area contributed by atoms with Crippen LogP contribution in [0.4, 0.5) is 0 Å². The molecule has 2 N–H and O–H groups in total. The number of thioether (sulfide) groups is 1. The van der Waals surface area contributed by atoms with Gasteiger partial charge in [0.2, 0.25) is 0 Å². The number of hydrogen-bond acceptors (Lipinski definition) is 3. The van der Waals surface area contributed by atoms with Crippen molar-refractivity contribution < 1.29 is 4.74 Å². The predicted octanol–water partition coefficient (Wildman–Crippen LogP) is 2.84. The molecule has 1 rings (SSSR count). The summed E-state index contributed by atoms with van der Waals surface area (Å²) in [5.74, 6) is 3.10. The van der Waals surface area contributed by atoms with Gasteiger partial charge in [0.15, 0.2) is 0 Å². The van der Waals surface area contributed by atoms with Crippen LogP contribution < -0.4 is 10.5 Å². The fourth-order valence-electron chi connectivity index (χ4n) is 1.25. The highest BCUT2D eigenvalue weighted by molar-refractivity contribution is 7.99. The highest BCUT2D eigenvalue weighted by Gasteiger charge is 2.00. The van der Waals surface area contributed by atoms with Crippen molar-refractivity contribution in [2.75, 3.05) is 18.1 Å². The summed E-state index contributed by atoms with van der Waals surface area (Å²) in [7, 11) is 0. The third-order valence-corrected chi connectivity index (χ3v) is 2.95. The zero-order valence-electron chi connectivity index (χ0n) is 9.40. The summed E-state index contributed by atoms with van der Waals surface area (Å²) in [6.45, 7) is 4.90. The van der Waals surface area contributed by atoms with Crippen LogP contribution in [0, 0.1) is 0 Å². The fraction of sp³-hybridized carbons (Fsp3) is 0.500. The summed E-state index contributed by atoms with van der Waals surface area (Å²) in [5, 5.41) is 0. The molecule has 0 aliphatic heterocycles. The van der Waals surface area contributed by atoms with E-state index in [1.807, 2.05) is 43.0 Å². The van der Waals surface area contributed by atoms with Crippen LogP contribution in [0.15, 0.2) is 24.3 Å². The molecular weight excluding hydrogens is 206 g/mol. The Labute approximate surface area is 96.2 Å². The first kappa shape index (κ1) is 12.4. The second kappa shape index (κ2) is 6.75. The van der Waals surface area contributed by atoms with Gasteiger partial charge in [0, 0.05) is 11.8 Å². The number of hydrogen-bond donors (Lipinski definition) is 1. The van der Waals surface area contributed by atoms with E-state index in [2.05, 4.69) is 6.92 Å². The summed E-state index contributed by atoms with van der Waals surface area (Å²) < 4.78 is 5.62. The number of nitrogens with two attached hydrogens (primary N) is 1. The molecule has 3 heteroatoms. The monoisotopic (exact) mass is 225 g/mol. The molecule has 0 amide bonds. The van der Waals surface area contributed by atoms with Crippen LogP contribution in [-0.4, -0.2) is 18.1 Å². The summed E-state index contributed by atoms with van der Waals surface area (Å²) in [6, 6.07) is 8.07. The molecule has 0 saturated heterocycles. The van der Waals surface area contributed by atoms with Crippen molar-refractivity contribution in [3.05, 3.63) is 29.8 Å². The van der Waals surface area contributed by atoms with Crippen LogP contribution in [0.2, 0.25) is 0 Å². The van der Waals surface area contributed by atoms with Gasteiger partial charge in [-0.2, -0.15) is 11.8 Å². The highest BCUT2D eigenvalue weighted by Crippen LogP contribution is 2.17. The second-order valence-corrected chi connectivity index (χ2v) is 4.80. The molecule has 84 valence electrons. The maximum atomic E-state index is 5.80. The molecular formula is C12H19NOS. The molecule has 1 aromatic carbocycles. The van der Waals surface area contributed by atoms with Gasteiger partial charge in [0.05, 0.1) is 6.61 Å². The van der Waals surface area contributed by atoms with Crippen molar-refractivity contribution in [1.82, 2.24) is 0 Å². The molecule has 0 aliphatic carbocycles. The molecule has 0 aromatic heterocycles. The van der Waals surface area contributed by atoms with E-state index in [4.69, 9.17) is 10.5 Å². The van der Waals surface area contributed by atoms with Crippen molar-refractivity contribution >= 4 is 11.8 Å². The topological polar surface area (TPSA) is 35.2 Å². The minimum Gasteiger partial charge on any atom is -0.493 e. The van der Waals surface area contributed by atoms with Crippen LogP contribution in [-0.2, 0) is 0 Å². The Morgan fingerprint density at radius 2 is 2.27 bits per heavy atom. The first-order valence-electron chi connectivity index (χ1n) is 5.30. The van der Waals surface area contributed by atoms with E-state index in [9.17, 15) is 0 Å². The molecule has 1 aromatic rings. The van der Waals surface area contributed by atoms with Crippen LogP contribution in [0.25, 0.3) is 0 Å². The summed E-state index contributed by atoms with van der Waals surface area (Å²) in [5.41, 5.74) is 6.92. The first-order chi connectivity index (χ1) is 7.24. The standard InChI is InChI=1S/C12H19NOS/c1-3-15-8-7-14-12-6-4-5-11(9-12)10(2)13/h4-6,9-10H,3,7-8,13H2,1-2H3. The molecule has 0 spiro atoms. The van der Waals surface area contributed by atoms with Gasteiger partial charge >= 0.3 is 0 Å². The van der Waals surface area contributed by atoms with E-state index in [-0.39, 0.29) is 6.04 Å². The van der Waals surface area contributed by atoms with E-state index in [1.54, 1.807) is 0 Å². The van der Waals surface area contributed by atoms with Crippen molar-refractivity contribution in [3.63, 3.8) is 0 Å². The van der Waals surface area contributed by atoms with E-state index in [0.29, 0.717) is 0 Å². The molecule has 0 aliphatic rings. The van der Waals surface area contributed by atoms with Crippen molar-refractivity contribution in [1.29, 1.82) is 0 Å². The lowest BCUT2D eigenvalue weighted by atomic mass is 10.1. The molecule has 15 heavy (non-hydrogen) atoms. The Morgan fingerprint density at radius 3 is 2.93 bits per heavy atom. The second-order valence-electron chi connectivity index (χ2n) is 3.41. The zero-order valence-corrected chi connectivity index (χ0v) is 10.2. The quantitative estimate of drug-likeness (QED) is 0.756. The Kier molecular flexibility index (Phi) is 5.58. The van der Waals surface area contributed by atoms with Crippen molar-refractivity contribution in [2.24, 2.45) is 5.73 Å². The maximum Gasteiger partial charge on any atom is 0.119 e. The minimum absolute atomic E-state index is 0.0681. The predicted molar refractivity (Wildman–Crippen MR) is 67.5 cm³/mol. The van der Waals surface area contributed by atoms with E-state index >= 15 is 0 Å². The summed E-state index contributed by atoms with van der Waals surface area (Å²) in [4.78, 5) is 0. The smallest absolute Gasteiger partial charge is 0.119 e. The van der Waals surface area contributed by atoms with E-state index in [0.717, 1.165) is 29.4 Å². The Morgan fingerprint density at radius 1 is 1.47 bits per heavy atom. The number of rotatable bonds is 6. The number of benzene rings is 1.